The highest BCUT2D eigenvalue weighted by atomic mass is 32.2. The highest BCUT2D eigenvalue weighted by Gasteiger charge is 2.16. The molecular formula is C17H15N3OS. The molecule has 0 unspecified atom stereocenters. The van der Waals surface area contributed by atoms with Gasteiger partial charge in [0.15, 0.2) is 0 Å². The lowest BCUT2D eigenvalue weighted by atomic mass is 10.2. The Balaban J connectivity index is 1.75. The van der Waals surface area contributed by atoms with Gasteiger partial charge >= 0.3 is 0 Å². The molecule has 110 valence electrons. The molecule has 1 N–H and O–H groups in total. The van der Waals surface area contributed by atoms with Gasteiger partial charge in [-0.25, -0.2) is 9.97 Å². The number of thioether (sulfide) groups is 1. The van der Waals surface area contributed by atoms with Gasteiger partial charge in [-0.2, -0.15) is 0 Å². The van der Waals surface area contributed by atoms with E-state index in [9.17, 15) is 4.79 Å². The van der Waals surface area contributed by atoms with E-state index in [-0.39, 0.29) is 11.2 Å². The Kier molecular flexibility index (Phi) is 4.34. The fourth-order valence-electron chi connectivity index (χ4n) is 2.06. The van der Waals surface area contributed by atoms with Gasteiger partial charge < -0.3 is 5.32 Å². The number of hydrogen-bond acceptors (Lipinski definition) is 4. The molecule has 0 saturated heterocycles. The molecule has 0 fully saturated rings. The number of carbonyl (C=O) groups excluding carboxylic acids is 1. The van der Waals surface area contributed by atoms with E-state index in [0.29, 0.717) is 0 Å². The average Bonchev–Trinajstić information content (AvgIpc) is 2.56. The van der Waals surface area contributed by atoms with Gasteiger partial charge in [-0.1, -0.05) is 48.2 Å². The third-order valence-electron chi connectivity index (χ3n) is 3.21. The summed E-state index contributed by atoms with van der Waals surface area (Å²) in [5.74, 6) is -0.0427. The van der Waals surface area contributed by atoms with Gasteiger partial charge in [0.1, 0.15) is 11.4 Å². The number of nitrogens with one attached hydrogen (secondary N) is 1. The van der Waals surface area contributed by atoms with Crippen molar-refractivity contribution < 1.29 is 4.79 Å². The molecule has 2 aromatic carbocycles. The summed E-state index contributed by atoms with van der Waals surface area (Å²) in [5, 5.41) is 4.44. The SMILES string of the molecule is C[C@H](Sc1ncnc2ccccc12)C(=O)Nc1ccccc1. The quantitative estimate of drug-likeness (QED) is 0.589. The van der Waals surface area contributed by atoms with Crippen molar-refractivity contribution in [3.8, 4) is 0 Å². The zero-order valence-corrected chi connectivity index (χ0v) is 12.9. The highest BCUT2D eigenvalue weighted by Crippen LogP contribution is 2.28. The van der Waals surface area contributed by atoms with Crippen LogP contribution in [0.5, 0.6) is 0 Å². The lowest BCUT2D eigenvalue weighted by molar-refractivity contribution is -0.115. The lowest BCUT2D eigenvalue weighted by Gasteiger charge is -2.12. The van der Waals surface area contributed by atoms with Gasteiger partial charge in [-0.15, -0.1) is 0 Å². The van der Waals surface area contributed by atoms with Crippen LogP contribution in [0.2, 0.25) is 0 Å². The van der Waals surface area contributed by atoms with E-state index >= 15 is 0 Å². The van der Waals surface area contributed by atoms with E-state index in [4.69, 9.17) is 0 Å². The third-order valence-corrected chi connectivity index (χ3v) is 4.32. The van der Waals surface area contributed by atoms with Gasteiger partial charge in [0.05, 0.1) is 10.8 Å². The van der Waals surface area contributed by atoms with Gasteiger partial charge in [0, 0.05) is 11.1 Å². The van der Waals surface area contributed by atoms with Crippen LogP contribution < -0.4 is 5.32 Å². The molecule has 3 rings (SSSR count). The van der Waals surface area contributed by atoms with Crippen molar-refractivity contribution in [2.75, 3.05) is 5.32 Å². The lowest BCUT2D eigenvalue weighted by Crippen LogP contribution is -2.22. The number of anilines is 1. The van der Waals surface area contributed by atoms with Crippen LogP contribution in [0.3, 0.4) is 0 Å². The molecule has 1 aromatic heterocycles. The smallest absolute Gasteiger partial charge is 0.237 e. The van der Waals surface area contributed by atoms with Crippen LogP contribution in [0, 0.1) is 0 Å². The molecule has 0 aliphatic carbocycles. The summed E-state index contributed by atoms with van der Waals surface area (Å²) in [6, 6.07) is 17.2. The zero-order chi connectivity index (χ0) is 15.4. The Labute approximate surface area is 133 Å². The van der Waals surface area contributed by atoms with Crippen molar-refractivity contribution >= 4 is 34.3 Å². The molecule has 1 atom stereocenters. The molecule has 0 spiro atoms. The number of fused-ring (bicyclic) bond motifs is 1. The molecule has 0 saturated carbocycles. The fraction of sp³-hybridized carbons (Fsp3) is 0.118. The monoisotopic (exact) mass is 309 g/mol. The first kappa shape index (κ1) is 14.5. The molecule has 22 heavy (non-hydrogen) atoms. The van der Waals surface area contributed by atoms with Crippen molar-refractivity contribution in [3.63, 3.8) is 0 Å². The van der Waals surface area contributed by atoms with Crippen molar-refractivity contribution in [1.29, 1.82) is 0 Å². The molecule has 5 heteroatoms. The molecule has 1 amide bonds. The van der Waals surface area contributed by atoms with Crippen LogP contribution in [-0.2, 0) is 4.79 Å². The second kappa shape index (κ2) is 6.58. The zero-order valence-electron chi connectivity index (χ0n) is 12.1. The average molecular weight is 309 g/mol. The fourth-order valence-corrected chi connectivity index (χ4v) is 2.97. The van der Waals surface area contributed by atoms with Crippen molar-refractivity contribution in [2.24, 2.45) is 0 Å². The van der Waals surface area contributed by atoms with E-state index in [0.717, 1.165) is 21.6 Å². The molecule has 1 heterocycles. The number of carbonyl (C=O) groups is 1. The summed E-state index contributed by atoms with van der Waals surface area (Å²) in [6.45, 7) is 1.87. The Morgan fingerprint density at radius 3 is 2.59 bits per heavy atom. The number of aromatic nitrogens is 2. The Morgan fingerprint density at radius 1 is 1.05 bits per heavy atom. The van der Waals surface area contributed by atoms with Crippen LogP contribution in [0.1, 0.15) is 6.92 Å². The van der Waals surface area contributed by atoms with Crippen LogP contribution in [0.25, 0.3) is 10.9 Å². The maximum absolute atomic E-state index is 12.3. The Bertz CT molecular complexity index is 787. The second-order valence-electron chi connectivity index (χ2n) is 4.81. The molecule has 0 aliphatic rings. The summed E-state index contributed by atoms with van der Waals surface area (Å²) in [5.41, 5.74) is 1.68. The van der Waals surface area contributed by atoms with Crippen molar-refractivity contribution in [3.05, 3.63) is 60.9 Å². The van der Waals surface area contributed by atoms with E-state index in [1.807, 2.05) is 61.5 Å². The van der Waals surface area contributed by atoms with Crippen molar-refractivity contribution in [1.82, 2.24) is 9.97 Å². The third kappa shape index (κ3) is 3.26. The summed E-state index contributed by atoms with van der Waals surface area (Å²) < 4.78 is 0. The van der Waals surface area contributed by atoms with Crippen LogP contribution in [0.4, 0.5) is 5.69 Å². The molecule has 0 radical (unpaired) electrons. The molecule has 0 bridgehead atoms. The second-order valence-corrected chi connectivity index (χ2v) is 6.14. The predicted octanol–water partition coefficient (Wildman–Crippen LogP) is 3.75. The number of amides is 1. The minimum atomic E-state index is -0.251. The number of nitrogens with zero attached hydrogens (tertiary/aromatic N) is 2. The number of rotatable bonds is 4. The molecule has 0 aliphatic heterocycles. The van der Waals surface area contributed by atoms with E-state index in [2.05, 4.69) is 15.3 Å². The molecular weight excluding hydrogens is 294 g/mol. The summed E-state index contributed by atoms with van der Waals surface area (Å²) in [4.78, 5) is 20.8. The van der Waals surface area contributed by atoms with Crippen LogP contribution in [-0.4, -0.2) is 21.1 Å². The summed E-state index contributed by atoms with van der Waals surface area (Å²) in [6.07, 6.45) is 1.53. The van der Waals surface area contributed by atoms with Crippen molar-refractivity contribution in [2.45, 2.75) is 17.2 Å². The Hall–Kier alpha value is -2.40. The standard InChI is InChI=1S/C17H15N3OS/c1-12(16(21)20-13-7-3-2-4-8-13)22-17-14-9-5-6-10-15(14)18-11-19-17/h2-12H,1H3,(H,20,21)/t12-/m0/s1. The summed E-state index contributed by atoms with van der Waals surface area (Å²) in [7, 11) is 0. The molecule has 4 nitrogen and oxygen atoms in total. The van der Waals surface area contributed by atoms with Crippen LogP contribution >= 0.6 is 11.8 Å². The van der Waals surface area contributed by atoms with Gasteiger partial charge in [-0.05, 0) is 25.1 Å². The van der Waals surface area contributed by atoms with E-state index in [1.54, 1.807) is 0 Å². The van der Waals surface area contributed by atoms with E-state index < -0.39 is 0 Å². The summed E-state index contributed by atoms with van der Waals surface area (Å²) >= 11 is 1.44. The molecule has 3 aromatic rings. The number of benzene rings is 2. The minimum absolute atomic E-state index is 0.0427. The minimum Gasteiger partial charge on any atom is -0.325 e. The van der Waals surface area contributed by atoms with E-state index in [1.165, 1.54) is 18.1 Å². The van der Waals surface area contributed by atoms with Gasteiger partial charge in [0.2, 0.25) is 5.91 Å². The Morgan fingerprint density at radius 2 is 1.77 bits per heavy atom. The van der Waals surface area contributed by atoms with Crippen LogP contribution in [0.15, 0.2) is 66.0 Å². The first-order valence-corrected chi connectivity index (χ1v) is 7.84. The predicted molar refractivity (Wildman–Crippen MR) is 89.9 cm³/mol. The largest absolute Gasteiger partial charge is 0.325 e. The van der Waals surface area contributed by atoms with Gasteiger partial charge in [0.25, 0.3) is 0 Å². The number of para-hydroxylation sites is 2. The topological polar surface area (TPSA) is 54.9 Å². The first-order valence-electron chi connectivity index (χ1n) is 6.96. The van der Waals surface area contributed by atoms with Gasteiger partial charge in [-0.3, -0.25) is 4.79 Å². The number of hydrogen-bond donors (Lipinski definition) is 1. The first-order chi connectivity index (χ1) is 10.7. The maximum atomic E-state index is 12.3. The normalized spacial score (nSPS) is 12.0. The highest BCUT2D eigenvalue weighted by molar-refractivity contribution is 8.00. The maximum Gasteiger partial charge on any atom is 0.237 e.